The maximum atomic E-state index is 11.2. The molecule has 1 aliphatic rings. The molecule has 0 saturated carbocycles. The summed E-state index contributed by atoms with van der Waals surface area (Å²) in [6.07, 6.45) is 13.8. The van der Waals surface area contributed by atoms with E-state index < -0.39 is 0 Å². The number of carbonyl (C=O) groups is 2. The molecule has 1 fully saturated rings. The summed E-state index contributed by atoms with van der Waals surface area (Å²) in [4.78, 5) is 22.1. The van der Waals surface area contributed by atoms with Gasteiger partial charge in [-0.25, -0.2) is 0 Å². The molecule has 0 amide bonds. The normalized spacial score (nSPS) is 19.7. The first-order chi connectivity index (χ1) is 8.74. The summed E-state index contributed by atoms with van der Waals surface area (Å²) in [5.41, 5.74) is 0. The minimum atomic E-state index is -0.354. The Morgan fingerprint density at radius 2 is 1.83 bits per heavy atom. The Bertz CT molecular complexity index is 294. The maximum absolute atomic E-state index is 11.2. The zero-order chi connectivity index (χ0) is 13.2. The Morgan fingerprint density at radius 3 is 2.50 bits per heavy atom. The Hall–Kier alpha value is -1.12. The molecular weight excluding hydrogens is 228 g/mol. The van der Waals surface area contributed by atoms with Crippen LogP contribution >= 0.6 is 0 Å². The Kier molecular flexibility index (Phi) is 7.38. The lowest BCUT2D eigenvalue weighted by atomic mass is 9.99. The van der Waals surface area contributed by atoms with Gasteiger partial charge in [0.2, 0.25) is 0 Å². The van der Waals surface area contributed by atoms with E-state index in [0.29, 0.717) is 6.42 Å². The first-order valence-electron chi connectivity index (χ1n) is 7.13. The number of unbranched alkanes of at least 4 members (excludes halogenated alkanes) is 5. The van der Waals surface area contributed by atoms with Gasteiger partial charge in [-0.1, -0.05) is 44.8 Å². The highest BCUT2D eigenvalue weighted by molar-refractivity contribution is 5.94. The Labute approximate surface area is 110 Å². The molecule has 1 heterocycles. The molecule has 3 heteroatoms. The molecule has 1 unspecified atom stereocenters. The summed E-state index contributed by atoms with van der Waals surface area (Å²) in [5, 5.41) is 0. The van der Waals surface area contributed by atoms with E-state index in [4.69, 9.17) is 0 Å². The van der Waals surface area contributed by atoms with Gasteiger partial charge in [0.15, 0.2) is 0 Å². The minimum absolute atomic E-state index is 0.162. The Morgan fingerprint density at radius 1 is 1.11 bits per heavy atom. The molecule has 0 bridgehead atoms. The van der Waals surface area contributed by atoms with Crippen LogP contribution in [0.15, 0.2) is 12.2 Å². The van der Waals surface area contributed by atoms with Crippen LogP contribution in [-0.4, -0.2) is 11.9 Å². The van der Waals surface area contributed by atoms with Crippen LogP contribution in [0, 0.1) is 5.92 Å². The zero-order valence-corrected chi connectivity index (χ0v) is 11.3. The molecule has 0 aromatic carbocycles. The number of esters is 2. The van der Waals surface area contributed by atoms with Crippen molar-refractivity contribution in [2.24, 2.45) is 5.92 Å². The highest BCUT2D eigenvalue weighted by Gasteiger charge is 2.32. The smallest absolute Gasteiger partial charge is 0.317 e. The van der Waals surface area contributed by atoms with E-state index in [0.717, 1.165) is 25.7 Å². The van der Waals surface area contributed by atoms with Crippen molar-refractivity contribution < 1.29 is 14.3 Å². The Balaban J connectivity index is 1.91. The van der Waals surface area contributed by atoms with Gasteiger partial charge >= 0.3 is 11.9 Å². The van der Waals surface area contributed by atoms with Crippen LogP contribution in [0.4, 0.5) is 0 Å². The highest BCUT2D eigenvalue weighted by Crippen LogP contribution is 2.22. The lowest BCUT2D eigenvalue weighted by molar-refractivity contribution is -0.153. The van der Waals surface area contributed by atoms with Gasteiger partial charge in [0, 0.05) is 0 Å². The second-order valence-corrected chi connectivity index (χ2v) is 4.92. The van der Waals surface area contributed by atoms with Gasteiger partial charge < -0.3 is 4.74 Å². The van der Waals surface area contributed by atoms with Crippen molar-refractivity contribution in [2.75, 3.05) is 0 Å². The fraction of sp³-hybridized carbons (Fsp3) is 0.733. The van der Waals surface area contributed by atoms with E-state index in [1.807, 2.05) is 0 Å². The van der Waals surface area contributed by atoms with Crippen LogP contribution < -0.4 is 0 Å². The number of hydrogen-bond donors (Lipinski definition) is 0. The number of allylic oxidation sites excluding steroid dienone is 2. The first-order valence-corrected chi connectivity index (χ1v) is 7.13. The van der Waals surface area contributed by atoms with Gasteiger partial charge in [-0.2, -0.15) is 0 Å². The molecule has 0 aromatic rings. The van der Waals surface area contributed by atoms with Gasteiger partial charge in [0.05, 0.1) is 12.3 Å². The van der Waals surface area contributed by atoms with Gasteiger partial charge in [-0.3, -0.25) is 9.59 Å². The van der Waals surface area contributed by atoms with Crippen molar-refractivity contribution >= 4 is 11.9 Å². The van der Waals surface area contributed by atoms with Crippen molar-refractivity contribution in [1.29, 1.82) is 0 Å². The first kappa shape index (κ1) is 14.9. The van der Waals surface area contributed by atoms with Crippen LogP contribution in [0.1, 0.15) is 64.7 Å². The van der Waals surface area contributed by atoms with Crippen molar-refractivity contribution in [3.63, 3.8) is 0 Å². The van der Waals surface area contributed by atoms with Crippen LogP contribution in [0.3, 0.4) is 0 Å². The summed E-state index contributed by atoms with van der Waals surface area (Å²) in [5.74, 6) is -0.831. The highest BCUT2D eigenvalue weighted by atomic mass is 16.6. The molecule has 1 saturated heterocycles. The molecule has 1 aliphatic heterocycles. The fourth-order valence-corrected chi connectivity index (χ4v) is 2.21. The number of cyclic esters (lactones) is 2. The maximum Gasteiger partial charge on any atom is 0.317 e. The SMILES string of the molecule is CC/C=C/CCCCCCCC1CC(=O)OC1=O. The molecule has 1 rings (SSSR count). The van der Waals surface area contributed by atoms with E-state index in [1.165, 1.54) is 25.7 Å². The quantitative estimate of drug-likeness (QED) is 0.271. The number of hydrogen-bond acceptors (Lipinski definition) is 3. The molecule has 18 heavy (non-hydrogen) atoms. The predicted octanol–water partition coefficient (Wildman–Crippen LogP) is 3.77. The molecule has 102 valence electrons. The average Bonchev–Trinajstić information content (AvgIpc) is 2.66. The topological polar surface area (TPSA) is 43.4 Å². The summed E-state index contributed by atoms with van der Waals surface area (Å²) in [6.45, 7) is 2.15. The third-order valence-electron chi connectivity index (χ3n) is 3.29. The number of rotatable bonds is 9. The lowest BCUT2D eigenvalue weighted by Gasteiger charge is -2.03. The summed E-state index contributed by atoms with van der Waals surface area (Å²) >= 11 is 0. The standard InChI is InChI=1S/C15H24O3/c1-2-3-4-5-6-7-8-9-10-11-13-12-14(16)18-15(13)17/h3-4,13H,2,5-12H2,1H3/b4-3+. The van der Waals surface area contributed by atoms with Crippen molar-refractivity contribution in [3.05, 3.63) is 12.2 Å². The van der Waals surface area contributed by atoms with Gasteiger partial charge in [0.25, 0.3) is 0 Å². The molecule has 0 aliphatic carbocycles. The summed E-state index contributed by atoms with van der Waals surface area (Å²) in [7, 11) is 0. The van der Waals surface area contributed by atoms with Crippen molar-refractivity contribution in [2.45, 2.75) is 64.7 Å². The molecule has 1 atom stereocenters. The number of ether oxygens (including phenoxy) is 1. The number of carbonyl (C=O) groups excluding carboxylic acids is 2. The molecular formula is C15H24O3. The van der Waals surface area contributed by atoms with E-state index in [-0.39, 0.29) is 17.9 Å². The second kappa shape index (κ2) is 8.90. The largest absolute Gasteiger partial charge is 0.393 e. The lowest BCUT2D eigenvalue weighted by Crippen LogP contribution is -2.06. The fourth-order valence-electron chi connectivity index (χ4n) is 2.21. The van der Waals surface area contributed by atoms with Gasteiger partial charge in [-0.05, 0) is 25.7 Å². The van der Waals surface area contributed by atoms with E-state index in [2.05, 4.69) is 23.8 Å². The third-order valence-corrected chi connectivity index (χ3v) is 3.29. The summed E-state index contributed by atoms with van der Waals surface area (Å²) in [6, 6.07) is 0. The molecule has 3 nitrogen and oxygen atoms in total. The van der Waals surface area contributed by atoms with Crippen LogP contribution in [0.2, 0.25) is 0 Å². The van der Waals surface area contributed by atoms with Crippen molar-refractivity contribution in [3.8, 4) is 0 Å². The molecule has 0 spiro atoms. The zero-order valence-electron chi connectivity index (χ0n) is 11.3. The molecule has 0 radical (unpaired) electrons. The van der Waals surface area contributed by atoms with E-state index in [1.54, 1.807) is 0 Å². The van der Waals surface area contributed by atoms with Crippen LogP contribution in [-0.2, 0) is 14.3 Å². The van der Waals surface area contributed by atoms with Crippen LogP contribution in [0.5, 0.6) is 0 Å². The average molecular weight is 252 g/mol. The molecule has 0 aromatic heterocycles. The van der Waals surface area contributed by atoms with Gasteiger partial charge in [-0.15, -0.1) is 0 Å². The minimum Gasteiger partial charge on any atom is -0.393 e. The van der Waals surface area contributed by atoms with E-state index >= 15 is 0 Å². The second-order valence-electron chi connectivity index (χ2n) is 4.92. The van der Waals surface area contributed by atoms with E-state index in [9.17, 15) is 9.59 Å². The predicted molar refractivity (Wildman–Crippen MR) is 71.0 cm³/mol. The summed E-state index contributed by atoms with van der Waals surface area (Å²) < 4.78 is 4.52. The molecule has 0 N–H and O–H groups in total. The van der Waals surface area contributed by atoms with Gasteiger partial charge in [0.1, 0.15) is 0 Å². The van der Waals surface area contributed by atoms with Crippen LogP contribution in [0.25, 0.3) is 0 Å². The van der Waals surface area contributed by atoms with Crippen molar-refractivity contribution in [1.82, 2.24) is 0 Å². The monoisotopic (exact) mass is 252 g/mol. The third kappa shape index (κ3) is 5.99.